The highest BCUT2D eigenvalue weighted by atomic mass is 19.1. The van der Waals surface area contributed by atoms with Gasteiger partial charge in [0.05, 0.1) is 0 Å². The van der Waals surface area contributed by atoms with Crippen LogP contribution < -0.4 is 5.32 Å². The first-order chi connectivity index (χ1) is 9.08. The first-order valence-corrected chi connectivity index (χ1v) is 5.44. The summed E-state index contributed by atoms with van der Waals surface area (Å²) in [7, 11) is 0. The lowest BCUT2D eigenvalue weighted by Crippen LogP contribution is -2.24. The quantitative estimate of drug-likeness (QED) is 0.891. The first-order valence-electron chi connectivity index (χ1n) is 5.44. The van der Waals surface area contributed by atoms with Crippen LogP contribution in [0.5, 0.6) is 5.75 Å². The molecular formula is C13H10F2N2O2. The summed E-state index contributed by atoms with van der Waals surface area (Å²) in [5.74, 6) is -2.15. The topological polar surface area (TPSA) is 62.2 Å². The van der Waals surface area contributed by atoms with Crippen LogP contribution in [0.4, 0.5) is 8.78 Å². The van der Waals surface area contributed by atoms with Gasteiger partial charge in [0.25, 0.3) is 5.91 Å². The fourth-order valence-electron chi connectivity index (χ4n) is 1.51. The fourth-order valence-corrected chi connectivity index (χ4v) is 1.51. The van der Waals surface area contributed by atoms with Gasteiger partial charge in [0.15, 0.2) is 5.69 Å². The van der Waals surface area contributed by atoms with Crippen molar-refractivity contribution in [3.8, 4) is 5.75 Å². The van der Waals surface area contributed by atoms with Gasteiger partial charge in [-0.2, -0.15) is 0 Å². The summed E-state index contributed by atoms with van der Waals surface area (Å²) in [6.45, 7) is -0.196. The van der Waals surface area contributed by atoms with E-state index in [0.29, 0.717) is 0 Å². The van der Waals surface area contributed by atoms with E-state index in [9.17, 15) is 18.7 Å². The second-order valence-electron chi connectivity index (χ2n) is 3.79. The first kappa shape index (κ1) is 12.9. The molecule has 0 unspecified atom stereocenters. The molecule has 2 rings (SSSR count). The molecule has 1 heterocycles. The van der Waals surface area contributed by atoms with Crippen molar-refractivity contribution in [2.24, 2.45) is 0 Å². The number of amides is 1. The molecule has 1 amide bonds. The number of pyridine rings is 1. The third-order valence-corrected chi connectivity index (χ3v) is 2.45. The standard InChI is InChI=1S/C13H10F2N2O2/c14-9-3-4-10(15)8(6-9)7-17-13(19)12-11(18)2-1-5-16-12/h1-6,18H,7H2,(H,17,19). The predicted molar refractivity (Wildman–Crippen MR) is 63.4 cm³/mol. The second kappa shape index (κ2) is 5.43. The fraction of sp³-hybridized carbons (Fsp3) is 0.0769. The molecular weight excluding hydrogens is 254 g/mol. The third-order valence-electron chi connectivity index (χ3n) is 2.45. The molecule has 0 bridgehead atoms. The number of hydrogen-bond acceptors (Lipinski definition) is 3. The van der Waals surface area contributed by atoms with E-state index in [0.717, 1.165) is 18.2 Å². The van der Waals surface area contributed by atoms with Crippen LogP contribution in [0.15, 0.2) is 36.5 Å². The zero-order chi connectivity index (χ0) is 13.8. The normalized spacial score (nSPS) is 10.2. The van der Waals surface area contributed by atoms with Crippen LogP contribution in [0.2, 0.25) is 0 Å². The Kier molecular flexibility index (Phi) is 3.70. The molecule has 98 valence electrons. The summed E-state index contributed by atoms with van der Waals surface area (Å²) in [6.07, 6.45) is 1.34. The Labute approximate surface area is 107 Å². The molecule has 0 aliphatic rings. The van der Waals surface area contributed by atoms with Gasteiger partial charge in [0.1, 0.15) is 17.4 Å². The summed E-state index contributed by atoms with van der Waals surface area (Å²) in [6, 6.07) is 5.75. The van der Waals surface area contributed by atoms with E-state index in [1.54, 1.807) is 0 Å². The van der Waals surface area contributed by atoms with Crippen LogP contribution in [0.25, 0.3) is 0 Å². The molecule has 0 saturated heterocycles. The van der Waals surface area contributed by atoms with E-state index in [2.05, 4.69) is 10.3 Å². The molecule has 2 N–H and O–H groups in total. The zero-order valence-corrected chi connectivity index (χ0v) is 9.73. The molecule has 0 aliphatic carbocycles. The number of rotatable bonds is 3. The molecule has 0 atom stereocenters. The second-order valence-corrected chi connectivity index (χ2v) is 3.79. The number of carbonyl (C=O) groups excluding carboxylic acids is 1. The Bertz CT molecular complexity index is 617. The molecule has 1 aromatic carbocycles. The maximum absolute atomic E-state index is 13.3. The minimum Gasteiger partial charge on any atom is -0.505 e. The average Bonchev–Trinajstić information content (AvgIpc) is 2.40. The molecule has 0 fully saturated rings. The van der Waals surface area contributed by atoms with Crippen molar-refractivity contribution in [1.82, 2.24) is 10.3 Å². The predicted octanol–water partition coefficient (Wildman–Crippen LogP) is 2.00. The lowest BCUT2D eigenvalue weighted by Gasteiger charge is -2.07. The molecule has 0 radical (unpaired) electrons. The summed E-state index contributed by atoms with van der Waals surface area (Å²) in [4.78, 5) is 15.4. The number of nitrogens with zero attached hydrogens (tertiary/aromatic N) is 1. The number of aromatic nitrogens is 1. The third kappa shape index (κ3) is 3.04. The van der Waals surface area contributed by atoms with Crippen molar-refractivity contribution in [1.29, 1.82) is 0 Å². The van der Waals surface area contributed by atoms with Crippen LogP contribution in [0, 0.1) is 11.6 Å². The highest BCUT2D eigenvalue weighted by Crippen LogP contribution is 2.13. The minimum atomic E-state index is -0.665. The van der Waals surface area contributed by atoms with Crippen molar-refractivity contribution < 1.29 is 18.7 Å². The van der Waals surface area contributed by atoms with E-state index >= 15 is 0 Å². The molecule has 6 heteroatoms. The Morgan fingerprint density at radius 1 is 1.32 bits per heavy atom. The number of aromatic hydroxyl groups is 1. The Morgan fingerprint density at radius 2 is 2.11 bits per heavy atom. The molecule has 4 nitrogen and oxygen atoms in total. The molecule has 0 saturated carbocycles. The van der Waals surface area contributed by atoms with Crippen molar-refractivity contribution >= 4 is 5.91 Å². The van der Waals surface area contributed by atoms with Gasteiger partial charge < -0.3 is 10.4 Å². The van der Waals surface area contributed by atoms with Crippen LogP contribution >= 0.6 is 0 Å². The lowest BCUT2D eigenvalue weighted by atomic mass is 10.2. The van der Waals surface area contributed by atoms with Gasteiger partial charge >= 0.3 is 0 Å². The number of halogens is 2. The summed E-state index contributed by atoms with van der Waals surface area (Å²) < 4.78 is 26.2. The van der Waals surface area contributed by atoms with Crippen molar-refractivity contribution in [3.63, 3.8) is 0 Å². The summed E-state index contributed by atoms with van der Waals surface area (Å²) >= 11 is 0. The van der Waals surface area contributed by atoms with Crippen LogP contribution in [-0.2, 0) is 6.54 Å². The van der Waals surface area contributed by atoms with E-state index in [1.807, 2.05) is 0 Å². The number of benzene rings is 1. The summed E-state index contributed by atoms with van der Waals surface area (Å²) in [5, 5.41) is 11.8. The van der Waals surface area contributed by atoms with Gasteiger partial charge in [-0.1, -0.05) is 0 Å². The smallest absolute Gasteiger partial charge is 0.274 e. The Morgan fingerprint density at radius 3 is 2.84 bits per heavy atom. The molecule has 0 spiro atoms. The van der Waals surface area contributed by atoms with Gasteiger partial charge in [0.2, 0.25) is 0 Å². The average molecular weight is 264 g/mol. The number of nitrogens with one attached hydrogen (secondary N) is 1. The van der Waals surface area contributed by atoms with Gasteiger partial charge in [-0.3, -0.25) is 4.79 Å². The van der Waals surface area contributed by atoms with Crippen molar-refractivity contribution in [2.75, 3.05) is 0 Å². The monoisotopic (exact) mass is 264 g/mol. The van der Waals surface area contributed by atoms with Gasteiger partial charge in [0, 0.05) is 18.3 Å². The van der Waals surface area contributed by atoms with Crippen molar-refractivity contribution in [2.45, 2.75) is 6.54 Å². The Hall–Kier alpha value is -2.50. The highest BCUT2D eigenvalue weighted by Gasteiger charge is 2.12. The maximum Gasteiger partial charge on any atom is 0.274 e. The minimum absolute atomic E-state index is 0.0174. The van der Waals surface area contributed by atoms with E-state index in [4.69, 9.17) is 0 Å². The largest absolute Gasteiger partial charge is 0.505 e. The lowest BCUT2D eigenvalue weighted by molar-refractivity contribution is 0.0942. The number of carbonyl (C=O) groups is 1. The SMILES string of the molecule is O=C(NCc1cc(F)ccc1F)c1ncccc1O. The van der Waals surface area contributed by atoms with Crippen LogP contribution in [0.1, 0.15) is 16.1 Å². The molecule has 2 aromatic rings. The molecule has 1 aromatic heterocycles. The van der Waals surface area contributed by atoms with Crippen LogP contribution in [0.3, 0.4) is 0 Å². The van der Waals surface area contributed by atoms with Gasteiger partial charge in [-0.15, -0.1) is 0 Å². The highest BCUT2D eigenvalue weighted by molar-refractivity contribution is 5.94. The molecule has 19 heavy (non-hydrogen) atoms. The summed E-state index contributed by atoms with van der Waals surface area (Å²) in [5.41, 5.74) is -0.150. The van der Waals surface area contributed by atoms with E-state index in [1.165, 1.54) is 18.3 Å². The van der Waals surface area contributed by atoms with Crippen LogP contribution in [-0.4, -0.2) is 16.0 Å². The Balaban J connectivity index is 2.09. The maximum atomic E-state index is 13.3. The van der Waals surface area contributed by atoms with Gasteiger partial charge in [-0.05, 0) is 30.3 Å². The zero-order valence-electron chi connectivity index (χ0n) is 9.73. The van der Waals surface area contributed by atoms with E-state index < -0.39 is 17.5 Å². The van der Waals surface area contributed by atoms with Gasteiger partial charge in [-0.25, -0.2) is 13.8 Å². The molecule has 0 aliphatic heterocycles. The van der Waals surface area contributed by atoms with E-state index in [-0.39, 0.29) is 23.6 Å². The van der Waals surface area contributed by atoms with Crippen molar-refractivity contribution in [3.05, 3.63) is 59.4 Å². The number of hydrogen-bond donors (Lipinski definition) is 2.